The number of non-ortho nitro benzene ring substituents is 1. The molecule has 2 aromatic carbocycles. The van der Waals surface area contributed by atoms with Crippen LogP contribution in [0.15, 0.2) is 72.8 Å². The maximum atomic E-state index is 13.2. The Balaban J connectivity index is 1.73. The normalized spacial score (nSPS) is 16.9. The second-order valence-corrected chi connectivity index (χ2v) is 8.37. The fourth-order valence-electron chi connectivity index (χ4n) is 4.19. The molecule has 2 heterocycles. The monoisotopic (exact) mass is 490 g/mol. The van der Waals surface area contributed by atoms with Crippen LogP contribution < -0.4 is 4.74 Å². The standard InChI is InChI=1S/C26H26N4O6/c1-2-15-36-21-6-3-5-19(16-21)24(31)22-23(18-7-9-20(10-8-18)30(34)35)29(26(33)25(22)32)13-4-12-28-14-11-27-17-28/h3,5-11,14,16-17,23,31H,2,4,12-13,15H2,1H3/b24-22+. The molecule has 0 bridgehead atoms. The number of nitro benzene ring substituents is 1. The highest BCUT2D eigenvalue weighted by molar-refractivity contribution is 6.46. The van der Waals surface area contributed by atoms with Gasteiger partial charge in [-0.1, -0.05) is 19.1 Å². The molecule has 1 aromatic heterocycles. The molecule has 1 atom stereocenters. The van der Waals surface area contributed by atoms with E-state index in [4.69, 9.17) is 4.74 Å². The Hall–Kier alpha value is -4.47. The number of nitrogens with zero attached hydrogens (tertiary/aromatic N) is 4. The van der Waals surface area contributed by atoms with E-state index < -0.39 is 22.7 Å². The highest BCUT2D eigenvalue weighted by Gasteiger charge is 2.45. The molecule has 3 aromatic rings. The van der Waals surface area contributed by atoms with Gasteiger partial charge < -0.3 is 19.3 Å². The van der Waals surface area contributed by atoms with E-state index in [0.29, 0.717) is 36.4 Å². The Labute approximate surface area is 207 Å². The van der Waals surface area contributed by atoms with Crippen molar-refractivity contribution in [2.24, 2.45) is 0 Å². The minimum absolute atomic E-state index is 0.0656. The predicted molar refractivity (Wildman–Crippen MR) is 131 cm³/mol. The van der Waals surface area contributed by atoms with Gasteiger partial charge in [-0.2, -0.15) is 0 Å². The Bertz CT molecular complexity index is 1280. The lowest BCUT2D eigenvalue weighted by Crippen LogP contribution is -2.31. The number of carbonyl (C=O) groups excluding carboxylic acids is 2. The number of benzene rings is 2. The molecule has 36 heavy (non-hydrogen) atoms. The number of likely N-dealkylation sites (tertiary alicyclic amines) is 1. The molecule has 1 aliphatic heterocycles. The van der Waals surface area contributed by atoms with Gasteiger partial charge in [-0.15, -0.1) is 0 Å². The number of carbonyl (C=O) groups is 2. The van der Waals surface area contributed by atoms with Crippen LogP contribution in [-0.2, 0) is 16.1 Å². The second-order valence-electron chi connectivity index (χ2n) is 8.37. The zero-order valence-electron chi connectivity index (χ0n) is 19.7. The van der Waals surface area contributed by atoms with Gasteiger partial charge in [-0.3, -0.25) is 19.7 Å². The van der Waals surface area contributed by atoms with Gasteiger partial charge in [0.15, 0.2) is 0 Å². The lowest BCUT2D eigenvalue weighted by atomic mass is 9.95. The van der Waals surface area contributed by atoms with E-state index in [2.05, 4.69) is 4.98 Å². The smallest absolute Gasteiger partial charge is 0.295 e. The number of amides is 1. The summed E-state index contributed by atoms with van der Waals surface area (Å²) in [5.74, 6) is -1.33. The highest BCUT2D eigenvalue weighted by Crippen LogP contribution is 2.40. The van der Waals surface area contributed by atoms with Gasteiger partial charge in [0, 0.05) is 43.2 Å². The highest BCUT2D eigenvalue weighted by atomic mass is 16.6. The number of aryl methyl sites for hydroxylation is 1. The van der Waals surface area contributed by atoms with Gasteiger partial charge >= 0.3 is 0 Å². The van der Waals surface area contributed by atoms with E-state index in [1.54, 1.807) is 43.0 Å². The summed E-state index contributed by atoms with van der Waals surface area (Å²) >= 11 is 0. The van der Waals surface area contributed by atoms with Gasteiger partial charge in [0.2, 0.25) is 0 Å². The molecule has 1 fully saturated rings. The third-order valence-corrected chi connectivity index (χ3v) is 5.91. The Morgan fingerprint density at radius 1 is 1.17 bits per heavy atom. The number of aliphatic hydroxyl groups is 1. The zero-order valence-corrected chi connectivity index (χ0v) is 19.7. The van der Waals surface area contributed by atoms with Crippen molar-refractivity contribution in [1.82, 2.24) is 14.5 Å². The quantitative estimate of drug-likeness (QED) is 0.149. The van der Waals surface area contributed by atoms with Crippen LogP contribution >= 0.6 is 0 Å². The zero-order chi connectivity index (χ0) is 25.7. The number of aromatic nitrogens is 2. The number of nitro groups is 1. The Kier molecular flexibility index (Phi) is 7.43. The van der Waals surface area contributed by atoms with Gasteiger partial charge in [0.25, 0.3) is 17.4 Å². The van der Waals surface area contributed by atoms with Crippen LogP contribution in [0.3, 0.4) is 0 Å². The molecular formula is C26H26N4O6. The molecule has 186 valence electrons. The Morgan fingerprint density at radius 2 is 1.94 bits per heavy atom. The van der Waals surface area contributed by atoms with E-state index in [0.717, 1.165) is 6.42 Å². The number of hydrogen-bond acceptors (Lipinski definition) is 7. The first-order valence-corrected chi connectivity index (χ1v) is 11.6. The van der Waals surface area contributed by atoms with Gasteiger partial charge in [-0.25, -0.2) is 4.98 Å². The average molecular weight is 491 g/mol. The number of Topliss-reactive ketones (excluding diaryl/α,β-unsaturated/α-hetero) is 1. The average Bonchev–Trinajstić information content (AvgIpc) is 3.49. The summed E-state index contributed by atoms with van der Waals surface area (Å²) in [6, 6.07) is 11.4. The van der Waals surface area contributed by atoms with Crippen molar-refractivity contribution in [2.45, 2.75) is 32.4 Å². The van der Waals surface area contributed by atoms with Crippen molar-refractivity contribution in [3.05, 3.63) is 94.1 Å². The fraction of sp³-hybridized carbons (Fsp3) is 0.269. The lowest BCUT2D eigenvalue weighted by Gasteiger charge is -2.25. The minimum atomic E-state index is -0.895. The lowest BCUT2D eigenvalue weighted by molar-refractivity contribution is -0.384. The number of ketones is 1. The maximum Gasteiger partial charge on any atom is 0.295 e. The maximum absolute atomic E-state index is 13.2. The first-order valence-electron chi connectivity index (χ1n) is 11.6. The molecule has 1 saturated heterocycles. The summed E-state index contributed by atoms with van der Waals surface area (Å²) < 4.78 is 7.51. The fourth-order valence-corrected chi connectivity index (χ4v) is 4.19. The van der Waals surface area contributed by atoms with Crippen LogP contribution in [0.25, 0.3) is 5.76 Å². The summed E-state index contributed by atoms with van der Waals surface area (Å²) in [5, 5.41) is 22.4. The van der Waals surface area contributed by atoms with E-state index in [9.17, 15) is 24.8 Å². The van der Waals surface area contributed by atoms with Crippen molar-refractivity contribution in [1.29, 1.82) is 0 Å². The number of imidazole rings is 1. The number of ether oxygens (including phenoxy) is 1. The molecule has 1 aliphatic rings. The summed E-state index contributed by atoms with van der Waals surface area (Å²) in [6.07, 6.45) is 6.46. The van der Waals surface area contributed by atoms with Gasteiger partial charge in [0.1, 0.15) is 11.5 Å². The third kappa shape index (κ3) is 5.12. The molecule has 0 spiro atoms. The topological polar surface area (TPSA) is 128 Å². The van der Waals surface area contributed by atoms with E-state index in [-0.39, 0.29) is 23.6 Å². The molecule has 1 N–H and O–H groups in total. The van der Waals surface area contributed by atoms with Crippen LogP contribution in [0.5, 0.6) is 5.75 Å². The predicted octanol–water partition coefficient (Wildman–Crippen LogP) is 4.09. The SMILES string of the molecule is CCCOc1cccc(/C(O)=C2\C(=O)C(=O)N(CCCn3ccnc3)C2c2ccc([N+](=O)[O-])cc2)c1. The molecule has 1 amide bonds. The van der Waals surface area contributed by atoms with Gasteiger partial charge in [-0.05, 0) is 42.7 Å². The Morgan fingerprint density at radius 3 is 2.61 bits per heavy atom. The molecule has 4 rings (SSSR count). The molecule has 0 aliphatic carbocycles. The number of rotatable bonds is 10. The van der Waals surface area contributed by atoms with Crippen molar-refractivity contribution in [3.8, 4) is 5.75 Å². The third-order valence-electron chi connectivity index (χ3n) is 5.91. The first-order chi connectivity index (χ1) is 17.4. The number of aliphatic hydroxyl groups excluding tert-OH is 1. The van der Waals surface area contributed by atoms with Crippen molar-refractivity contribution in [2.75, 3.05) is 13.2 Å². The van der Waals surface area contributed by atoms with E-state index >= 15 is 0 Å². The largest absolute Gasteiger partial charge is 0.507 e. The van der Waals surface area contributed by atoms with Crippen molar-refractivity contribution >= 4 is 23.1 Å². The van der Waals surface area contributed by atoms with Crippen molar-refractivity contribution in [3.63, 3.8) is 0 Å². The second kappa shape index (κ2) is 10.9. The minimum Gasteiger partial charge on any atom is -0.507 e. The summed E-state index contributed by atoms with van der Waals surface area (Å²) in [5.41, 5.74) is 0.648. The van der Waals surface area contributed by atoms with Crippen molar-refractivity contribution < 1.29 is 24.4 Å². The van der Waals surface area contributed by atoms with Crippen LogP contribution in [0, 0.1) is 10.1 Å². The van der Waals surface area contributed by atoms with Crippen LogP contribution in [-0.4, -0.2) is 49.3 Å². The summed E-state index contributed by atoms with van der Waals surface area (Å²) in [4.78, 5) is 42.3. The van der Waals surface area contributed by atoms with E-state index in [1.807, 2.05) is 11.5 Å². The first kappa shape index (κ1) is 24.6. The molecular weight excluding hydrogens is 464 g/mol. The van der Waals surface area contributed by atoms with Gasteiger partial charge in [0.05, 0.1) is 29.5 Å². The molecule has 10 nitrogen and oxygen atoms in total. The summed E-state index contributed by atoms with van der Waals surface area (Å²) in [7, 11) is 0. The van der Waals surface area contributed by atoms with Crippen LogP contribution in [0.1, 0.15) is 36.9 Å². The van der Waals surface area contributed by atoms with E-state index in [1.165, 1.54) is 29.2 Å². The number of hydrogen-bond donors (Lipinski definition) is 1. The molecule has 10 heteroatoms. The molecule has 1 unspecified atom stereocenters. The summed E-state index contributed by atoms with van der Waals surface area (Å²) in [6.45, 7) is 3.28. The molecule has 0 saturated carbocycles. The van der Waals surface area contributed by atoms with Crippen LogP contribution in [0.4, 0.5) is 5.69 Å². The van der Waals surface area contributed by atoms with Crippen LogP contribution in [0.2, 0.25) is 0 Å². The molecule has 0 radical (unpaired) electrons.